The van der Waals surface area contributed by atoms with Gasteiger partial charge < -0.3 is 29.9 Å². The van der Waals surface area contributed by atoms with Crippen molar-refractivity contribution in [1.82, 2.24) is 24.8 Å². The molecule has 0 spiro atoms. The molecule has 0 bridgehead atoms. The third-order valence-electron chi connectivity index (χ3n) is 6.85. The molecule has 196 valence electrons. The van der Waals surface area contributed by atoms with Crippen LogP contribution in [0.25, 0.3) is 11.4 Å². The number of aliphatic hydroxyl groups is 1. The van der Waals surface area contributed by atoms with E-state index in [9.17, 15) is 10.1 Å². The van der Waals surface area contributed by atoms with Crippen molar-refractivity contribution >= 4 is 23.2 Å². The summed E-state index contributed by atoms with van der Waals surface area (Å²) >= 11 is 0. The molecule has 2 aliphatic rings. The molecule has 2 fully saturated rings. The number of piperazine rings is 1. The van der Waals surface area contributed by atoms with Crippen LogP contribution in [-0.2, 0) is 4.79 Å². The number of nitrogens with zero attached hydrogens (tertiary/aromatic N) is 7. The molecule has 0 saturated carbocycles. The number of hydrogen-bond acceptors (Lipinski definition) is 10. The van der Waals surface area contributed by atoms with Crippen LogP contribution in [0.15, 0.2) is 48.8 Å². The number of nitrogens with one attached hydrogen (secondary N) is 1. The van der Waals surface area contributed by atoms with Gasteiger partial charge in [0.25, 0.3) is 0 Å². The summed E-state index contributed by atoms with van der Waals surface area (Å²) in [7, 11) is 2.14. The molecule has 2 N–H and O–H groups in total. The predicted octanol–water partition coefficient (Wildman–Crippen LogP) is 1.88. The highest BCUT2D eigenvalue weighted by Crippen LogP contribution is 2.28. The monoisotopic (exact) mass is 514 g/mol. The Labute approximate surface area is 221 Å². The molecule has 11 nitrogen and oxygen atoms in total. The number of aromatic nitrogens is 3. The van der Waals surface area contributed by atoms with E-state index in [-0.39, 0.29) is 12.0 Å². The zero-order valence-corrected chi connectivity index (χ0v) is 21.2. The second-order valence-corrected chi connectivity index (χ2v) is 9.44. The van der Waals surface area contributed by atoms with E-state index in [2.05, 4.69) is 55.3 Å². The van der Waals surface area contributed by atoms with Gasteiger partial charge in [-0.25, -0.2) is 9.97 Å². The topological polar surface area (TPSA) is 131 Å². The van der Waals surface area contributed by atoms with E-state index in [1.165, 1.54) is 12.0 Å². The number of hydrogen-bond donors (Lipinski definition) is 2. The fourth-order valence-corrected chi connectivity index (χ4v) is 4.63. The van der Waals surface area contributed by atoms with Crippen molar-refractivity contribution in [2.24, 2.45) is 0 Å². The summed E-state index contributed by atoms with van der Waals surface area (Å²) in [5.41, 5.74) is 3.07. The average Bonchev–Trinajstić information content (AvgIpc) is 3.42. The Balaban J connectivity index is 1.25. The van der Waals surface area contributed by atoms with Crippen molar-refractivity contribution in [2.45, 2.75) is 12.5 Å². The average molecular weight is 515 g/mol. The van der Waals surface area contributed by atoms with Gasteiger partial charge in [0.2, 0.25) is 11.9 Å². The van der Waals surface area contributed by atoms with Gasteiger partial charge in [-0.15, -0.1) is 0 Å². The summed E-state index contributed by atoms with van der Waals surface area (Å²) in [5.74, 6) is 0.950. The highest BCUT2D eigenvalue weighted by atomic mass is 16.5. The SMILES string of the molecule is CN1CCN(c2ccc(Nc3ncnc(-c4ccc(OC5CCN(C(=O)CO)C5)c(C#N)c4)n3)cc2)CC1. The van der Waals surface area contributed by atoms with Crippen LogP contribution in [0, 0.1) is 11.3 Å². The molecule has 38 heavy (non-hydrogen) atoms. The molecular weight excluding hydrogens is 484 g/mol. The predicted molar refractivity (Wildman–Crippen MR) is 142 cm³/mol. The van der Waals surface area contributed by atoms with Crippen LogP contribution in [-0.4, -0.2) is 94.8 Å². The fraction of sp³-hybridized carbons (Fsp3) is 0.370. The van der Waals surface area contributed by atoms with Gasteiger partial charge in [-0.1, -0.05) is 0 Å². The summed E-state index contributed by atoms with van der Waals surface area (Å²) < 4.78 is 6.01. The number of ether oxygens (including phenoxy) is 1. The zero-order valence-electron chi connectivity index (χ0n) is 21.2. The van der Waals surface area contributed by atoms with Crippen LogP contribution in [0.5, 0.6) is 5.75 Å². The Morgan fingerprint density at radius 3 is 2.66 bits per heavy atom. The minimum absolute atomic E-state index is 0.237. The fourth-order valence-electron chi connectivity index (χ4n) is 4.63. The number of amides is 1. The summed E-state index contributed by atoms with van der Waals surface area (Å²) in [5, 5.41) is 22.0. The number of nitriles is 1. The first kappa shape index (κ1) is 25.4. The summed E-state index contributed by atoms with van der Waals surface area (Å²) in [6.45, 7) is 4.51. The van der Waals surface area contributed by atoms with Gasteiger partial charge in [0.1, 0.15) is 30.9 Å². The van der Waals surface area contributed by atoms with Crippen molar-refractivity contribution in [3.63, 3.8) is 0 Å². The lowest BCUT2D eigenvalue weighted by molar-refractivity contribution is -0.133. The van der Waals surface area contributed by atoms with E-state index >= 15 is 0 Å². The summed E-state index contributed by atoms with van der Waals surface area (Å²) in [4.78, 5) is 31.1. The van der Waals surface area contributed by atoms with E-state index in [1.807, 2.05) is 12.1 Å². The molecule has 3 heterocycles. The molecule has 1 aromatic heterocycles. The van der Waals surface area contributed by atoms with Crippen molar-refractivity contribution in [2.75, 3.05) is 63.1 Å². The molecule has 2 aromatic carbocycles. The first-order valence-corrected chi connectivity index (χ1v) is 12.6. The van der Waals surface area contributed by atoms with E-state index in [4.69, 9.17) is 9.84 Å². The molecule has 0 aliphatic carbocycles. The van der Waals surface area contributed by atoms with Crippen molar-refractivity contribution in [3.05, 3.63) is 54.4 Å². The minimum atomic E-state index is -0.518. The van der Waals surface area contributed by atoms with E-state index in [1.54, 1.807) is 23.1 Å². The molecule has 0 radical (unpaired) electrons. The summed E-state index contributed by atoms with van der Waals surface area (Å²) in [6.07, 6.45) is 1.83. The van der Waals surface area contributed by atoms with E-state index < -0.39 is 6.61 Å². The third-order valence-corrected chi connectivity index (χ3v) is 6.85. The maximum Gasteiger partial charge on any atom is 0.248 e. The van der Waals surface area contributed by atoms with Crippen LogP contribution in [0.1, 0.15) is 12.0 Å². The number of likely N-dealkylation sites (tertiary alicyclic amines) is 1. The standard InChI is InChI=1S/C27H30N8O3/c1-33-10-12-34(13-11-33)22-5-3-21(4-6-22)31-27-30-18-29-26(32-27)19-2-7-24(20(14-19)15-28)38-23-8-9-35(16-23)25(37)17-36/h2-7,14,18,23,36H,8-13,16-17H2,1H3,(H,29,30,31,32). The molecule has 1 atom stereocenters. The van der Waals surface area contributed by atoms with Crippen molar-refractivity contribution in [1.29, 1.82) is 5.26 Å². The highest BCUT2D eigenvalue weighted by Gasteiger charge is 2.27. The molecule has 3 aromatic rings. The van der Waals surface area contributed by atoms with Gasteiger partial charge >= 0.3 is 0 Å². The second-order valence-electron chi connectivity index (χ2n) is 9.44. The van der Waals surface area contributed by atoms with Crippen LogP contribution in [0.3, 0.4) is 0 Å². The Hall–Kier alpha value is -4.27. The zero-order chi connectivity index (χ0) is 26.5. The smallest absolute Gasteiger partial charge is 0.248 e. The van der Waals surface area contributed by atoms with Gasteiger partial charge in [-0.2, -0.15) is 10.2 Å². The Kier molecular flexibility index (Phi) is 7.62. The molecule has 2 saturated heterocycles. The number of aliphatic hydroxyl groups excluding tert-OH is 1. The number of carbonyl (C=O) groups excluding carboxylic acids is 1. The van der Waals surface area contributed by atoms with Crippen LogP contribution in [0.4, 0.5) is 17.3 Å². The van der Waals surface area contributed by atoms with Crippen LogP contribution < -0.4 is 15.0 Å². The lowest BCUT2D eigenvalue weighted by Gasteiger charge is -2.34. The van der Waals surface area contributed by atoms with E-state index in [0.29, 0.717) is 48.2 Å². The Morgan fingerprint density at radius 2 is 1.92 bits per heavy atom. The highest BCUT2D eigenvalue weighted by molar-refractivity contribution is 5.77. The summed E-state index contributed by atoms with van der Waals surface area (Å²) in [6, 6.07) is 15.6. The first-order valence-electron chi connectivity index (χ1n) is 12.6. The maximum atomic E-state index is 11.7. The Bertz CT molecular complexity index is 1320. The normalized spacial score (nSPS) is 17.8. The quantitative estimate of drug-likeness (QED) is 0.482. The number of carbonyl (C=O) groups is 1. The Morgan fingerprint density at radius 1 is 1.13 bits per heavy atom. The van der Waals surface area contributed by atoms with Gasteiger partial charge in [-0.3, -0.25) is 4.79 Å². The lowest BCUT2D eigenvalue weighted by Crippen LogP contribution is -2.44. The van der Waals surface area contributed by atoms with Gasteiger partial charge in [-0.05, 0) is 49.5 Å². The third kappa shape index (κ3) is 5.82. The molecule has 1 amide bonds. The first-order chi connectivity index (χ1) is 18.5. The number of anilines is 3. The lowest BCUT2D eigenvalue weighted by atomic mass is 10.1. The maximum absolute atomic E-state index is 11.7. The molecule has 5 rings (SSSR count). The molecule has 11 heteroatoms. The van der Waals surface area contributed by atoms with Gasteiger partial charge in [0, 0.05) is 56.1 Å². The van der Waals surface area contributed by atoms with Crippen molar-refractivity contribution in [3.8, 4) is 23.2 Å². The van der Waals surface area contributed by atoms with Crippen molar-refractivity contribution < 1.29 is 14.6 Å². The second kappa shape index (κ2) is 11.4. The largest absolute Gasteiger partial charge is 0.487 e. The molecule has 1 unspecified atom stereocenters. The van der Waals surface area contributed by atoms with Gasteiger partial charge in [0.05, 0.1) is 12.1 Å². The number of benzene rings is 2. The van der Waals surface area contributed by atoms with E-state index in [0.717, 1.165) is 31.9 Å². The number of likely N-dealkylation sites (N-methyl/N-ethyl adjacent to an activating group) is 1. The molecule has 2 aliphatic heterocycles. The molecular formula is C27H30N8O3. The van der Waals surface area contributed by atoms with Gasteiger partial charge in [0.15, 0.2) is 5.82 Å². The van der Waals surface area contributed by atoms with Crippen LogP contribution >= 0.6 is 0 Å². The minimum Gasteiger partial charge on any atom is -0.487 e. The number of rotatable bonds is 7. The van der Waals surface area contributed by atoms with Crippen LogP contribution in [0.2, 0.25) is 0 Å².